The van der Waals surface area contributed by atoms with E-state index in [0.717, 1.165) is 0 Å². The maximum absolute atomic E-state index is 13.0. The summed E-state index contributed by atoms with van der Waals surface area (Å²) in [5.41, 5.74) is 0.971. The summed E-state index contributed by atoms with van der Waals surface area (Å²) in [7, 11) is 1.45. The second-order valence-corrected chi connectivity index (χ2v) is 3.15. The van der Waals surface area contributed by atoms with Crippen molar-refractivity contribution in [3.63, 3.8) is 0 Å². The SMILES string of the molecule is COc1cc(F)ccc1-c1ncc(C=O)[nH]1. The number of ether oxygens (including phenoxy) is 1. The number of nitrogens with one attached hydrogen (secondary N) is 1. The molecule has 0 fully saturated rings. The summed E-state index contributed by atoms with van der Waals surface area (Å²) in [6, 6.07) is 4.11. The number of imidazole rings is 1. The molecule has 0 aliphatic rings. The molecule has 0 aliphatic carbocycles. The monoisotopic (exact) mass is 220 g/mol. The Morgan fingerprint density at radius 2 is 2.31 bits per heavy atom. The zero-order chi connectivity index (χ0) is 11.5. The van der Waals surface area contributed by atoms with Crippen LogP contribution in [0.25, 0.3) is 11.4 Å². The molecule has 2 rings (SSSR count). The van der Waals surface area contributed by atoms with Crippen molar-refractivity contribution in [1.82, 2.24) is 9.97 Å². The Bertz CT molecular complexity index is 522. The quantitative estimate of drug-likeness (QED) is 0.805. The number of rotatable bonds is 3. The molecule has 5 heteroatoms. The number of nitrogens with zero attached hydrogens (tertiary/aromatic N) is 1. The van der Waals surface area contributed by atoms with Gasteiger partial charge >= 0.3 is 0 Å². The Morgan fingerprint density at radius 3 is 2.94 bits per heavy atom. The van der Waals surface area contributed by atoms with E-state index in [9.17, 15) is 9.18 Å². The van der Waals surface area contributed by atoms with Crippen molar-refractivity contribution in [1.29, 1.82) is 0 Å². The normalized spacial score (nSPS) is 10.1. The molecule has 0 unspecified atom stereocenters. The van der Waals surface area contributed by atoms with E-state index in [1.165, 1.54) is 25.4 Å². The lowest BCUT2D eigenvalue weighted by Gasteiger charge is -2.05. The maximum atomic E-state index is 13.0. The summed E-state index contributed by atoms with van der Waals surface area (Å²) in [6.07, 6.45) is 2.07. The van der Waals surface area contributed by atoms with E-state index in [0.29, 0.717) is 29.1 Å². The van der Waals surface area contributed by atoms with Crippen LogP contribution in [0, 0.1) is 5.82 Å². The number of hydrogen-bond donors (Lipinski definition) is 1. The molecular weight excluding hydrogens is 211 g/mol. The number of aldehydes is 1. The molecule has 0 radical (unpaired) electrons. The van der Waals surface area contributed by atoms with Crippen molar-refractivity contribution in [2.24, 2.45) is 0 Å². The first kappa shape index (κ1) is 10.4. The fraction of sp³-hybridized carbons (Fsp3) is 0.0909. The van der Waals surface area contributed by atoms with Gasteiger partial charge in [0.1, 0.15) is 17.4 Å². The number of hydrogen-bond acceptors (Lipinski definition) is 3. The fourth-order valence-electron chi connectivity index (χ4n) is 1.39. The molecule has 0 aliphatic heterocycles. The molecule has 1 N–H and O–H groups in total. The van der Waals surface area contributed by atoms with Crippen LogP contribution in [-0.2, 0) is 0 Å². The maximum Gasteiger partial charge on any atom is 0.167 e. The van der Waals surface area contributed by atoms with Crippen LogP contribution < -0.4 is 4.74 Å². The summed E-state index contributed by atoms with van der Waals surface area (Å²) in [5.74, 6) is 0.452. The molecule has 0 saturated carbocycles. The Labute approximate surface area is 91.1 Å². The van der Waals surface area contributed by atoms with E-state index in [4.69, 9.17) is 4.74 Å². The lowest BCUT2D eigenvalue weighted by atomic mass is 10.2. The molecule has 1 aromatic carbocycles. The first-order chi connectivity index (χ1) is 7.74. The van der Waals surface area contributed by atoms with Crippen molar-refractivity contribution in [3.05, 3.63) is 35.9 Å². The number of halogens is 1. The molecule has 1 heterocycles. The molecule has 2 aromatic rings. The second-order valence-electron chi connectivity index (χ2n) is 3.15. The predicted molar refractivity (Wildman–Crippen MR) is 55.9 cm³/mol. The van der Waals surface area contributed by atoms with Gasteiger partial charge in [-0.25, -0.2) is 9.37 Å². The van der Waals surface area contributed by atoms with Crippen LogP contribution in [0.2, 0.25) is 0 Å². The number of aromatic nitrogens is 2. The van der Waals surface area contributed by atoms with E-state index in [2.05, 4.69) is 9.97 Å². The van der Waals surface area contributed by atoms with Crippen LogP contribution in [-0.4, -0.2) is 23.4 Å². The van der Waals surface area contributed by atoms with Crippen molar-refractivity contribution < 1.29 is 13.9 Å². The van der Waals surface area contributed by atoms with Crippen LogP contribution in [0.5, 0.6) is 5.75 Å². The number of aromatic amines is 1. The molecule has 1 aromatic heterocycles. The van der Waals surface area contributed by atoms with Crippen LogP contribution in [0.1, 0.15) is 10.5 Å². The predicted octanol–water partition coefficient (Wildman–Crippen LogP) is 2.04. The zero-order valence-corrected chi connectivity index (χ0v) is 8.53. The van der Waals surface area contributed by atoms with Crippen molar-refractivity contribution >= 4 is 6.29 Å². The summed E-state index contributed by atoms with van der Waals surface area (Å²) in [4.78, 5) is 17.3. The van der Waals surface area contributed by atoms with Crippen molar-refractivity contribution in [2.45, 2.75) is 0 Å². The average molecular weight is 220 g/mol. The number of methoxy groups -OCH3 is 1. The minimum Gasteiger partial charge on any atom is -0.496 e. The van der Waals surface area contributed by atoms with Gasteiger partial charge in [-0.2, -0.15) is 0 Å². The van der Waals surface area contributed by atoms with Gasteiger partial charge in [-0.3, -0.25) is 4.79 Å². The molecule has 0 spiro atoms. The van der Waals surface area contributed by atoms with Gasteiger partial charge in [0.15, 0.2) is 6.29 Å². The molecule has 4 nitrogen and oxygen atoms in total. The van der Waals surface area contributed by atoms with Crippen LogP contribution >= 0.6 is 0 Å². The number of H-pyrrole nitrogens is 1. The number of carbonyl (C=O) groups is 1. The lowest BCUT2D eigenvalue weighted by Crippen LogP contribution is -1.90. The third-order valence-electron chi connectivity index (χ3n) is 2.14. The molecule has 82 valence electrons. The smallest absolute Gasteiger partial charge is 0.167 e. The standard InChI is InChI=1S/C11H9FN2O2/c1-16-10-4-7(12)2-3-9(10)11-13-5-8(6-15)14-11/h2-6H,1H3,(H,13,14). The van der Waals surface area contributed by atoms with E-state index in [-0.39, 0.29) is 5.82 Å². The summed E-state index contributed by atoms with van der Waals surface area (Å²) < 4.78 is 18.0. The van der Waals surface area contributed by atoms with Gasteiger partial charge in [-0.1, -0.05) is 0 Å². The molecule has 0 atom stereocenters. The second kappa shape index (κ2) is 4.14. The Hall–Kier alpha value is -2.17. The van der Waals surface area contributed by atoms with E-state index in [1.54, 1.807) is 6.07 Å². The summed E-state index contributed by atoms with van der Waals surface area (Å²) in [5, 5.41) is 0. The van der Waals surface area contributed by atoms with Gasteiger partial charge in [0.25, 0.3) is 0 Å². The number of carbonyl (C=O) groups excluding carboxylic acids is 1. The first-order valence-electron chi connectivity index (χ1n) is 4.58. The molecule has 0 saturated heterocycles. The first-order valence-corrected chi connectivity index (χ1v) is 4.58. The molecule has 16 heavy (non-hydrogen) atoms. The van der Waals surface area contributed by atoms with Gasteiger partial charge in [-0.15, -0.1) is 0 Å². The topological polar surface area (TPSA) is 55.0 Å². The minimum absolute atomic E-state index is 0.362. The van der Waals surface area contributed by atoms with Gasteiger partial charge < -0.3 is 9.72 Å². The number of benzene rings is 1. The van der Waals surface area contributed by atoms with Gasteiger partial charge in [-0.05, 0) is 12.1 Å². The fourth-order valence-corrected chi connectivity index (χ4v) is 1.39. The van der Waals surface area contributed by atoms with E-state index >= 15 is 0 Å². The van der Waals surface area contributed by atoms with E-state index in [1.807, 2.05) is 0 Å². The lowest BCUT2D eigenvalue weighted by molar-refractivity contribution is 0.111. The van der Waals surface area contributed by atoms with Crippen LogP contribution in [0.4, 0.5) is 4.39 Å². The Kier molecular flexibility index (Phi) is 2.68. The van der Waals surface area contributed by atoms with Gasteiger partial charge in [0.2, 0.25) is 0 Å². The Balaban J connectivity index is 2.50. The molecular formula is C11H9FN2O2. The highest BCUT2D eigenvalue weighted by Crippen LogP contribution is 2.28. The van der Waals surface area contributed by atoms with E-state index < -0.39 is 0 Å². The largest absolute Gasteiger partial charge is 0.496 e. The average Bonchev–Trinajstić information content (AvgIpc) is 2.77. The van der Waals surface area contributed by atoms with Crippen molar-refractivity contribution in [3.8, 4) is 17.1 Å². The summed E-state index contributed by atoms with van der Waals surface area (Å²) in [6.45, 7) is 0. The molecule has 0 amide bonds. The van der Waals surface area contributed by atoms with Crippen molar-refractivity contribution in [2.75, 3.05) is 7.11 Å². The van der Waals surface area contributed by atoms with Gasteiger partial charge in [0, 0.05) is 6.07 Å². The summed E-state index contributed by atoms with van der Waals surface area (Å²) >= 11 is 0. The Morgan fingerprint density at radius 1 is 1.50 bits per heavy atom. The highest BCUT2D eigenvalue weighted by Gasteiger charge is 2.10. The zero-order valence-electron chi connectivity index (χ0n) is 8.53. The minimum atomic E-state index is -0.386. The van der Waals surface area contributed by atoms with Crippen LogP contribution in [0.3, 0.4) is 0 Å². The highest BCUT2D eigenvalue weighted by atomic mass is 19.1. The van der Waals surface area contributed by atoms with Crippen LogP contribution in [0.15, 0.2) is 24.4 Å². The third-order valence-corrected chi connectivity index (χ3v) is 2.14. The third kappa shape index (κ3) is 1.79. The highest BCUT2D eigenvalue weighted by molar-refractivity contribution is 5.74. The van der Waals surface area contributed by atoms with Gasteiger partial charge in [0.05, 0.1) is 24.6 Å². The molecule has 0 bridgehead atoms.